The Kier molecular flexibility index (Phi) is 5.42. The molecule has 0 radical (unpaired) electrons. The zero-order valence-electron chi connectivity index (χ0n) is 13.0. The Hall–Kier alpha value is -1.28. The van der Waals surface area contributed by atoms with Crippen LogP contribution in [0.25, 0.3) is 0 Å². The molecule has 1 aliphatic heterocycles. The van der Waals surface area contributed by atoms with Crippen LogP contribution in [0.4, 0.5) is 0 Å². The monoisotopic (exact) mass is 345 g/mol. The summed E-state index contributed by atoms with van der Waals surface area (Å²) in [6, 6.07) is 16.7. The van der Waals surface area contributed by atoms with Crippen molar-refractivity contribution in [2.24, 2.45) is 5.92 Å². The van der Waals surface area contributed by atoms with E-state index in [1.807, 2.05) is 30.3 Å². The van der Waals surface area contributed by atoms with Gasteiger partial charge in [0.15, 0.2) is 0 Å². The van der Waals surface area contributed by atoms with Crippen molar-refractivity contribution >= 4 is 23.2 Å². The zero-order chi connectivity index (χ0) is 16.2. The predicted molar refractivity (Wildman–Crippen MR) is 99.3 cm³/mol. The molecular weight excluding hydrogens is 325 g/mol. The maximum Gasteiger partial charge on any atom is 0.0408 e. The first kappa shape index (κ1) is 16.6. The first-order valence-electron chi connectivity index (χ1n) is 8.02. The molecule has 23 heavy (non-hydrogen) atoms. The molecule has 1 fully saturated rings. The minimum atomic E-state index is 0.284. The molecule has 0 unspecified atom stereocenters. The predicted octanol–water partition coefficient (Wildman–Crippen LogP) is 6.00. The first-order valence-corrected chi connectivity index (χ1v) is 8.78. The van der Waals surface area contributed by atoms with Crippen LogP contribution in [0.2, 0.25) is 10.0 Å². The molecule has 3 atom stereocenters. The van der Waals surface area contributed by atoms with E-state index in [9.17, 15) is 0 Å². The summed E-state index contributed by atoms with van der Waals surface area (Å²) in [6.07, 6.45) is 4.19. The average molecular weight is 346 g/mol. The van der Waals surface area contributed by atoms with Crippen molar-refractivity contribution in [2.45, 2.75) is 24.8 Å². The van der Waals surface area contributed by atoms with Gasteiger partial charge in [-0.2, -0.15) is 0 Å². The lowest BCUT2D eigenvalue weighted by atomic mass is 9.77. The second kappa shape index (κ2) is 7.53. The van der Waals surface area contributed by atoms with Crippen molar-refractivity contribution in [3.05, 3.63) is 82.4 Å². The number of halogens is 2. The Balaban J connectivity index is 1.92. The van der Waals surface area contributed by atoms with Crippen LogP contribution < -0.4 is 5.32 Å². The van der Waals surface area contributed by atoms with Crippen molar-refractivity contribution < 1.29 is 0 Å². The zero-order valence-corrected chi connectivity index (χ0v) is 14.5. The summed E-state index contributed by atoms with van der Waals surface area (Å²) in [4.78, 5) is 0. The Morgan fingerprint density at radius 1 is 1.04 bits per heavy atom. The van der Waals surface area contributed by atoms with E-state index < -0.39 is 0 Å². The lowest BCUT2D eigenvalue weighted by Crippen LogP contribution is -2.38. The Morgan fingerprint density at radius 2 is 1.83 bits per heavy atom. The SMILES string of the molecule is C=CC[C@H]1CN[C@H](c2ccc(Cl)cc2)[C@@H](c2cccc(Cl)c2)C1. The average Bonchev–Trinajstić information content (AvgIpc) is 2.56. The molecular formula is C20H21Cl2N. The molecule has 0 amide bonds. The first-order chi connectivity index (χ1) is 11.2. The molecule has 0 spiro atoms. The van der Waals surface area contributed by atoms with Crippen LogP contribution >= 0.6 is 23.2 Å². The second-order valence-corrected chi connectivity index (χ2v) is 7.10. The van der Waals surface area contributed by atoms with E-state index in [-0.39, 0.29) is 6.04 Å². The Bertz CT molecular complexity index is 666. The summed E-state index contributed by atoms with van der Waals surface area (Å²) < 4.78 is 0. The minimum absolute atomic E-state index is 0.284. The molecule has 1 N–H and O–H groups in total. The molecule has 0 bridgehead atoms. The second-order valence-electron chi connectivity index (χ2n) is 6.23. The van der Waals surface area contributed by atoms with Crippen LogP contribution in [0.1, 0.15) is 35.9 Å². The molecule has 0 aromatic heterocycles. The van der Waals surface area contributed by atoms with Gasteiger partial charge in [0, 0.05) is 22.0 Å². The normalized spacial score (nSPS) is 24.3. The minimum Gasteiger partial charge on any atom is -0.309 e. The topological polar surface area (TPSA) is 12.0 Å². The van der Waals surface area contributed by atoms with Crippen LogP contribution in [0, 0.1) is 5.92 Å². The van der Waals surface area contributed by atoms with E-state index in [2.05, 4.69) is 36.2 Å². The highest BCUT2D eigenvalue weighted by molar-refractivity contribution is 6.30. The summed E-state index contributed by atoms with van der Waals surface area (Å²) in [5.41, 5.74) is 2.56. The molecule has 1 nitrogen and oxygen atoms in total. The van der Waals surface area contributed by atoms with E-state index in [0.717, 1.165) is 29.4 Å². The maximum absolute atomic E-state index is 6.22. The largest absolute Gasteiger partial charge is 0.309 e. The quantitative estimate of drug-likeness (QED) is 0.669. The molecule has 120 valence electrons. The molecule has 3 rings (SSSR count). The van der Waals surface area contributed by atoms with E-state index in [1.165, 1.54) is 11.1 Å². The number of hydrogen-bond acceptors (Lipinski definition) is 1. The summed E-state index contributed by atoms with van der Waals surface area (Å²) in [5.74, 6) is 1.01. The summed E-state index contributed by atoms with van der Waals surface area (Å²) in [7, 11) is 0. The highest BCUT2D eigenvalue weighted by Crippen LogP contribution is 2.41. The fourth-order valence-corrected chi connectivity index (χ4v) is 3.84. The number of allylic oxidation sites excluding steroid dienone is 1. The molecule has 1 saturated heterocycles. The van der Waals surface area contributed by atoms with Crippen LogP contribution in [0.15, 0.2) is 61.2 Å². The van der Waals surface area contributed by atoms with Crippen molar-refractivity contribution in [1.82, 2.24) is 5.32 Å². The molecule has 2 aromatic carbocycles. The van der Waals surface area contributed by atoms with Gasteiger partial charge in [-0.1, -0.05) is 53.5 Å². The van der Waals surface area contributed by atoms with Gasteiger partial charge < -0.3 is 5.32 Å². The van der Waals surface area contributed by atoms with Gasteiger partial charge in [0.25, 0.3) is 0 Å². The van der Waals surface area contributed by atoms with Gasteiger partial charge >= 0.3 is 0 Å². The Morgan fingerprint density at radius 3 is 2.52 bits per heavy atom. The van der Waals surface area contributed by atoms with Crippen LogP contribution in [0.5, 0.6) is 0 Å². The van der Waals surface area contributed by atoms with Gasteiger partial charge in [-0.25, -0.2) is 0 Å². The molecule has 0 saturated carbocycles. The number of hydrogen-bond donors (Lipinski definition) is 1. The van der Waals surface area contributed by atoms with E-state index in [4.69, 9.17) is 23.2 Å². The number of nitrogens with one attached hydrogen (secondary N) is 1. The van der Waals surface area contributed by atoms with Gasteiger partial charge in [-0.3, -0.25) is 0 Å². The van der Waals surface area contributed by atoms with Crippen molar-refractivity contribution in [2.75, 3.05) is 6.54 Å². The number of rotatable bonds is 4. The molecule has 3 heteroatoms. The van der Waals surface area contributed by atoms with Gasteiger partial charge in [0.2, 0.25) is 0 Å². The molecule has 2 aromatic rings. The smallest absolute Gasteiger partial charge is 0.0408 e. The van der Waals surface area contributed by atoms with Crippen molar-refractivity contribution in [3.8, 4) is 0 Å². The van der Waals surface area contributed by atoms with Crippen molar-refractivity contribution in [1.29, 1.82) is 0 Å². The fourth-order valence-electron chi connectivity index (χ4n) is 3.52. The van der Waals surface area contributed by atoms with Crippen molar-refractivity contribution in [3.63, 3.8) is 0 Å². The summed E-state index contributed by atoms with van der Waals surface area (Å²) >= 11 is 12.3. The van der Waals surface area contributed by atoms with Gasteiger partial charge in [-0.05, 0) is 60.7 Å². The standard InChI is InChI=1S/C20H21Cl2N/c1-2-4-14-11-19(16-5-3-6-18(22)12-16)20(23-13-14)15-7-9-17(21)10-8-15/h2-3,5-10,12,14,19-20,23H,1,4,11,13H2/t14-,19-,20-/m1/s1. The highest BCUT2D eigenvalue weighted by atomic mass is 35.5. The maximum atomic E-state index is 6.22. The lowest BCUT2D eigenvalue weighted by molar-refractivity contribution is 0.277. The van der Waals surface area contributed by atoms with E-state index in [1.54, 1.807) is 0 Å². The molecule has 0 aliphatic carbocycles. The van der Waals surface area contributed by atoms with Gasteiger partial charge in [-0.15, -0.1) is 6.58 Å². The number of benzene rings is 2. The third-order valence-electron chi connectivity index (χ3n) is 4.62. The Labute approximate surface area is 148 Å². The number of piperidine rings is 1. The molecule has 1 aliphatic rings. The van der Waals surface area contributed by atoms with Crippen LogP contribution in [0.3, 0.4) is 0 Å². The third-order valence-corrected chi connectivity index (χ3v) is 5.11. The van der Waals surface area contributed by atoms with Gasteiger partial charge in [0.05, 0.1) is 0 Å². The van der Waals surface area contributed by atoms with Crippen LogP contribution in [-0.2, 0) is 0 Å². The molecule has 1 heterocycles. The summed E-state index contributed by atoms with van der Waals surface area (Å²) in [6.45, 7) is 4.90. The van der Waals surface area contributed by atoms with E-state index >= 15 is 0 Å². The van der Waals surface area contributed by atoms with E-state index in [0.29, 0.717) is 11.8 Å². The van der Waals surface area contributed by atoms with Gasteiger partial charge in [0.1, 0.15) is 0 Å². The highest BCUT2D eigenvalue weighted by Gasteiger charge is 2.31. The lowest BCUT2D eigenvalue weighted by Gasteiger charge is -2.38. The summed E-state index contributed by atoms with van der Waals surface area (Å²) in [5, 5.41) is 5.29. The third kappa shape index (κ3) is 3.98. The van der Waals surface area contributed by atoms with Crippen LogP contribution in [-0.4, -0.2) is 6.54 Å². The fraction of sp³-hybridized carbons (Fsp3) is 0.300.